The topological polar surface area (TPSA) is 75.3 Å². The van der Waals surface area contributed by atoms with Crippen LogP contribution in [-0.2, 0) is 27.3 Å². The van der Waals surface area contributed by atoms with Gasteiger partial charge in [-0.2, -0.15) is 0 Å². The molecule has 0 saturated heterocycles. The summed E-state index contributed by atoms with van der Waals surface area (Å²) < 4.78 is 4.74. The molecule has 1 aromatic rings. The first kappa shape index (κ1) is 11.6. The summed E-state index contributed by atoms with van der Waals surface area (Å²) >= 11 is 0. The molecule has 0 fully saturated rings. The zero-order valence-electron chi connectivity index (χ0n) is 9.90. The van der Waals surface area contributed by atoms with Gasteiger partial charge in [0, 0.05) is 12.8 Å². The van der Waals surface area contributed by atoms with Crippen molar-refractivity contribution in [3.63, 3.8) is 0 Å². The number of amides is 1. The van der Waals surface area contributed by atoms with E-state index in [0.29, 0.717) is 19.4 Å². The van der Waals surface area contributed by atoms with E-state index in [2.05, 4.69) is 9.97 Å². The molecule has 6 heteroatoms. The van der Waals surface area contributed by atoms with E-state index >= 15 is 0 Å². The number of methoxy groups -OCH3 is 1. The fourth-order valence-corrected chi connectivity index (χ4v) is 2.05. The Bertz CT molecular complexity index is 402. The van der Waals surface area contributed by atoms with Gasteiger partial charge in [-0.3, -0.25) is 4.79 Å². The van der Waals surface area contributed by atoms with Crippen LogP contribution in [0, 0.1) is 0 Å². The van der Waals surface area contributed by atoms with E-state index in [1.165, 1.54) is 7.11 Å². The van der Waals surface area contributed by atoms with Gasteiger partial charge in [0.15, 0.2) is 0 Å². The number of aromatic nitrogens is 2. The standard InChI is InChI=1S/C11H15N3O3/c1-3-10(15)14-5-8-7(12-6-13-8)4-9(14)11(16)17-2/h6,9H,3-5H2,1-2H3,(H,12,13). The summed E-state index contributed by atoms with van der Waals surface area (Å²) in [5.74, 6) is -0.443. The zero-order valence-corrected chi connectivity index (χ0v) is 9.90. The highest BCUT2D eigenvalue weighted by atomic mass is 16.5. The molecule has 1 unspecified atom stereocenters. The molecule has 1 aliphatic rings. The summed E-state index contributed by atoms with van der Waals surface area (Å²) in [5.41, 5.74) is 1.73. The van der Waals surface area contributed by atoms with Crippen LogP contribution in [0.4, 0.5) is 0 Å². The lowest BCUT2D eigenvalue weighted by Crippen LogP contribution is -2.49. The van der Waals surface area contributed by atoms with Crippen molar-refractivity contribution >= 4 is 11.9 Å². The van der Waals surface area contributed by atoms with Crippen LogP contribution in [0.2, 0.25) is 0 Å². The monoisotopic (exact) mass is 237 g/mol. The molecular formula is C11H15N3O3. The predicted molar refractivity (Wildman–Crippen MR) is 58.9 cm³/mol. The van der Waals surface area contributed by atoms with E-state index in [1.807, 2.05) is 0 Å². The minimum absolute atomic E-state index is 0.0550. The summed E-state index contributed by atoms with van der Waals surface area (Å²) in [6.45, 7) is 2.17. The molecule has 2 rings (SSSR count). The fourth-order valence-electron chi connectivity index (χ4n) is 2.05. The van der Waals surface area contributed by atoms with Gasteiger partial charge in [0.25, 0.3) is 0 Å². The third-order valence-corrected chi connectivity index (χ3v) is 2.99. The van der Waals surface area contributed by atoms with Gasteiger partial charge in [-0.05, 0) is 0 Å². The number of H-pyrrole nitrogens is 1. The Balaban J connectivity index is 2.29. The number of carbonyl (C=O) groups is 2. The highest BCUT2D eigenvalue weighted by Gasteiger charge is 2.35. The normalized spacial score (nSPS) is 18.7. The Labute approximate surface area is 99.0 Å². The molecule has 17 heavy (non-hydrogen) atoms. The lowest BCUT2D eigenvalue weighted by molar-refractivity contribution is -0.154. The molecule has 1 atom stereocenters. The number of hydrogen-bond acceptors (Lipinski definition) is 4. The van der Waals surface area contributed by atoms with Gasteiger partial charge in [-0.15, -0.1) is 0 Å². The Hall–Kier alpha value is -1.85. The fraction of sp³-hybridized carbons (Fsp3) is 0.545. The Morgan fingerprint density at radius 2 is 2.41 bits per heavy atom. The average Bonchev–Trinajstić information content (AvgIpc) is 2.82. The second-order valence-electron chi connectivity index (χ2n) is 3.95. The van der Waals surface area contributed by atoms with E-state index in [4.69, 9.17) is 4.74 Å². The number of hydrogen-bond donors (Lipinski definition) is 1. The number of ether oxygens (including phenoxy) is 1. The van der Waals surface area contributed by atoms with E-state index in [0.717, 1.165) is 11.4 Å². The summed E-state index contributed by atoms with van der Waals surface area (Å²) in [5, 5.41) is 0. The van der Waals surface area contributed by atoms with Crippen LogP contribution in [0.15, 0.2) is 6.33 Å². The highest BCUT2D eigenvalue weighted by Crippen LogP contribution is 2.22. The van der Waals surface area contributed by atoms with Crippen LogP contribution in [0.3, 0.4) is 0 Å². The van der Waals surface area contributed by atoms with Crippen LogP contribution in [-0.4, -0.2) is 39.9 Å². The van der Waals surface area contributed by atoms with E-state index in [9.17, 15) is 9.59 Å². The maximum atomic E-state index is 11.8. The molecule has 0 aliphatic carbocycles. The van der Waals surface area contributed by atoms with Crippen LogP contribution < -0.4 is 0 Å². The van der Waals surface area contributed by atoms with E-state index < -0.39 is 6.04 Å². The summed E-state index contributed by atoms with van der Waals surface area (Å²) in [7, 11) is 1.33. The highest BCUT2D eigenvalue weighted by molar-refractivity contribution is 5.85. The molecule has 1 amide bonds. The van der Waals surface area contributed by atoms with Crippen molar-refractivity contribution in [1.82, 2.24) is 14.9 Å². The average molecular weight is 237 g/mol. The third kappa shape index (κ3) is 2.02. The summed E-state index contributed by atoms with van der Waals surface area (Å²) in [6.07, 6.45) is 2.37. The lowest BCUT2D eigenvalue weighted by Gasteiger charge is -2.32. The van der Waals surface area contributed by atoms with Crippen molar-refractivity contribution in [2.75, 3.05) is 7.11 Å². The Morgan fingerprint density at radius 1 is 1.65 bits per heavy atom. The SMILES string of the molecule is CCC(=O)N1Cc2[nH]cnc2CC1C(=O)OC. The Morgan fingerprint density at radius 3 is 3.06 bits per heavy atom. The number of fused-ring (bicyclic) bond motifs is 1. The molecule has 0 saturated carbocycles. The minimum atomic E-state index is -0.553. The molecule has 0 aromatic carbocycles. The van der Waals surface area contributed by atoms with Crippen molar-refractivity contribution in [2.45, 2.75) is 32.4 Å². The van der Waals surface area contributed by atoms with Crippen molar-refractivity contribution in [3.8, 4) is 0 Å². The van der Waals surface area contributed by atoms with Crippen molar-refractivity contribution in [1.29, 1.82) is 0 Å². The number of nitrogens with one attached hydrogen (secondary N) is 1. The number of carbonyl (C=O) groups excluding carboxylic acids is 2. The van der Waals surface area contributed by atoms with Crippen LogP contribution >= 0.6 is 0 Å². The molecule has 2 heterocycles. The van der Waals surface area contributed by atoms with Gasteiger partial charge >= 0.3 is 5.97 Å². The maximum Gasteiger partial charge on any atom is 0.329 e. The largest absolute Gasteiger partial charge is 0.467 e. The van der Waals surface area contributed by atoms with Gasteiger partial charge in [0.05, 0.1) is 31.4 Å². The minimum Gasteiger partial charge on any atom is -0.467 e. The first-order valence-electron chi connectivity index (χ1n) is 5.55. The molecule has 0 spiro atoms. The first-order valence-corrected chi connectivity index (χ1v) is 5.55. The number of imidazole rings is 1. The van der Waals surface area contributed by atoms with Crippen LogP contribution in [0.5, 0.6) is 0 Å². The molecule has 92 valence electrons. The van der Waals surface area contributed by atoms with E-state index in [1.54, 1.807) is 18.2 Å². The number of rotatable bonds is 2. The quantitative estimate of drug-likeness (QED) is 0.748. The lowest BCUT2D eigenvalue weighted by atomic mass is 10.0. The number of aromatic amines is 1. The molecule has 1 aromatic heterocycles. The molecule has 0 radical (unpaired) electrons. The van der Waals surface area contributed by atoms with Crippen molar-refractivity contribution in [2.24, 2.45) is 0 Å². The van der Waals surface area contributed by atoms with Crippen LogP contribution in [0.25, 0.3) is 0 Å². The van der Waals surface area contributed by atoms with Crippen LogP contribution in [0.1, 0.15) is 24.7 Å². The third-order valence-electron chi connectivity index (χ3n) is 2.99. The first-order chi connectivity index (χ1) is 8.17. The van der Waals surface area contributed by atoms with Gasteiger partial charge in [0.1, 0.15) is 6.04 Å². The number of esters is 1. The Kier molecular flexibility index (Phi) is 3.12. The van der Waals surface area contributed by atoms with E-state index in [-0.39, 0.29) is 11.9 Å². The summed E-state index contributed by atoms with van der Waals surface area (Å²) in [4.78, 5) is 32.2. The second-order valence-corrected chi connectivity index (χ2v) is 3.95. The predicted octanol–water partition coefficient (Wildman–Crippen LogP) is 0.246. The molecule has 1 N–H and O–H groups in total. The molecule has 6 nitrogen and oxygen atoms in total. The van der Waals surface area contributed by atoms with Gasteiger partial charge in [-0.1, -0.05) is 6.92 Å². The van der Waals surface area contributed by atoms with Gasteiger partial charge < -0.3 is 14.6 Å². The zero-order chi connectivity index (χ0) is 12.4. The van der Waals surface area contributed by atoms with Gasteiger partial charge in [0.2, 0.25) is 5.91 Å². The smallest absolute Gasteiger partial charge is 0.329 e. The molecular weight excluding hydrogens is 222 g/mol. The van der Waals surface area contributed by atoms with Crippen molar-refractivity contribution < 1.29 is 14.3 Å². The molecule has 0 bridgehead atoms. The van der Waals surface area contributed by atoms with Gasteiger partial charge in [-0.25, -0.2) is 9.78 Å². The van der Waals surface area contributed by atoms with Crippen molar-refractivity contribution in [3.05, 3.63) is 17.7 Å². The molecule has 1 aliphatic heterocycles. The number of nitrogens with zero attached hydrogens (tertiary/aromatic N) is 2. The maximum absolute atomic E-state index is 11.8. The second kappa shape index (κ2) is 4.57. The summed E-state index contributed by atoms with van der Waals surface area (Å²) in [6, 6.07) is -0.553.